The zero-order chi connectivity index (χ0) is 29.4. The molecule has 2 amide bonds. The van der Waals surface area contributed by atoms with E-state index in [9.17, 15) is 18.4 Å². The molecular weight excluding hydrogens is 540 g/mol. The number of hydrogen-bond acceptors (Lipinski definition) is 6. The quantitative estimate of drug-likeness (QED) is 0.444. The van der Waals surface area contributed by atoms with Crippen LogP contribution in [0.15, 0.2) is 58.8 Å². The number of nitrogens with one attached hydrogen (secondary N) is 3. The van der Waals surface area contributed by atoms with Crippen LogP contribution in [0.3, 0.4) is 0 Å². The van der Waals surface area contributed by atoms with Crippen LogP contribution >= 0.6 is 0 Å². The van der Waals surface area contributed by atoms with Gasteiger partial charge in [-0.05, 0) is 74.1 Å². The minimum atomic E-state index is -1.03. The van der Waals surface area contributed by atoms with Gasteiger partial charge in [0.15, 0.2) is 11.6 Å². The van der Waals surface area contributed by atoms with Crippen molar-refractivity contribution < 1.29 is 23.1 Å². The lowest BCUT2D eigenvalue weighted by Crippen LogP contribution is -2.56. The average molecular weight is 574 g/mol. The van der Waals surface area contributed by atoms with Gasteiger partial charge >= 0.3 is 0 Å². The summed E-state index contributed by atoms with van der Waals surface area (Å²) in [5.74, 6) is -2.57. The Morgan fingerprint density at radius 1 is 1.07 bits per heavy atom. The van der Waals surface area contributed by atoms with E-state index in [0.29, 0.717) is 23.3 Å². The van der Waals surface area contributed by atoms with Gasteiger partial charge in [-0.1, -0.05) is 18.2 Å². The number of rotatable bonds is 8. The van der Waals surface area contributed by atoms with Crippen molar-refractivity contribution in [3.05, 3.63) is 82.7 Å². The first-order valence-corrected chi connectivity index (χ1v) is 14.3. The molecule has 0 bridgehead atoms. The van der Waals surface area contributed by atoms with E-state index in [1.54, 1.807) is 12.4 Å². The number of methoxy groups -OCH3 is 1. The van der Waals surface area contributed by atoms with Gasteiger partial charge in [-0.15, -0.1) is 0 Å². The summed E-state index contributed by atoms with van der Waals surface area (Å²) in [6, 6.07) is 8.62. The third-order valence-electron chi connectivity index (χ3n) is 8.46. The summed E-state index contributed by atoms with van der Waals surface area (Å²) in [5.41, 5.74) is 4.52. The van der Waals surface area contributed by atoms with Crippen molar-refractivity contribution in [2.45, 2.75) is 57.2 Å². The fraction of sp³-hybridized carbons (Fsp3) is 0.375. The number of hydrogen-bond donors (Lipinski definition) is 3. The first-order chi connectivity index (χ1) is 20.3. The Labute approximate surface area is 243 Å². The van der Waals surface area contributed by atoms with Crippen molar-refractivity contribution in [3.63, 3.8) is 0 Å². The smallest absolute Gasteiger partial charge is 0.251 e. The SMILES string of the molecule is COc1ccc(C2=CN=C3C(Cc4ccc(C(=O)NC5CC(NC(=O)[C@@H]6CCCN6)C5)c(C)c4)=NC=CC23)c(F)c1F. The predicted octanol–water partition coefficient (Wildman–Crippen LogP) is 4.03. The summed E-state index contributed by atoms with van der Waals surface area (Å²) in [6.45, 7) is 2.78. The second-order valence-electron chi connectivity index (χ2n) is 11.3. The predicted molar refractivity (Wildman–Crippen MR) is 157 cm³/mol. The maximum absolute atomic E-state index is 14.8. The highest BCUT2D eigenvalue weighted by Crippen LogP contribution is 2.37. The Morgan fingerprint density at radius 2 is 1.88 bits per heavy atom. The second-order valence-corrected chi connectivity index (χ2v) is 11.3. The standard InChI is InChI=1S/C32H33F2N5O3/c1-17-12-18(5-6-21(17)31(40)38-19-14-20(15-19)39-32(41)25-4-3-10-35-25)13-26-30-23(9-11-36-26)24(16-37-30)22-7-8-27(42-2)29(34)28(22)33/h5-9,11-12,16,19-20,23,25,35H,3-4,10,13-15H2,1-2H3,(H,38,40)(H,39,41)/t19?,20?,23?,25-/m0/s1. The molecule has 10 heteroatoms. The molecule has 1 saturated heterocycles. The number of carbonyl (C=O) groups excluding carboxylic acids is 2. The van der Waals surface area contributed by atoms with Crippen LogP contribution in [0.5, 0.6) is 5.75 Å². The number of aliphatic imine (C=N–C) groups is 2. The van der Waals surface area contributed by atoms with Crippen LogP contribution in [0.1, 0.15) is 52.7 Å². The van der Waals surface area contributed by atoms with Gasteiger partial charge in [0.05, 0.1) is 30.5 Å². The number of fused-ring (bicyclic) bond motifs is 1. The molecule has 0 aromatic heterocycles. The Bertz CT molecular complexity index is 1550. The van der Waals surface area contributed by atoms with Crippen molar-refractivity contribution in [1.29, 1.82) is 0 Å². The molecule has 3 N–H and O–H groups in total. The van der Waals surface area contributed by atoms with E-state index < -0.39 is 11.6 Å². The fourth-order valence-electron chi connectivity index (χ4n) is 6.08. The second kappa shape index (κ2) is 11.6. The van der Waals surface area contributed by atoms with E-state index in [0.717, 1.165) is 49.1 Å². The molecule has 3 aliphatic heterocycles. The fourth-order valence-corrected chi connectivity index (χ4v) is 6.08. The molecule has 2 aromatic rings. The van der Waals surface area contributed by atoms with E-state index in [1.807, 2.05) is 31.2 Å². The van der Waals surface area contributed by atoms with Crippen molar-refractivity contribution in [2.75, 3.05) is 13.7 Å². The van der Waals surface area contributed by atoms with Gasteiger partial charge in [0, 0.05) is 42.0 Å². The number of benzene rings is 2. The van der Waals surface area contributed by atoms with Gasteiger partial charge in [-0.25, -0.2) is 4.39 Å². The molecule has 42 heavy (non-hydrogen) atoms. The Morgan fingerprint density at radius 3 is 2.62 bits per heavy atom. The van der Waals surface area contributed by atoms with Crippen molar-refractivity contribution >= 4 is 28.8 Å². The topological polar surface area (TPSA) is 104 Å². The number of halogens is 2. The minimum absolute atomic E-state index is 0.0322. The van der Waals surface area contributed by atoms with Gasteiger partial charge in [0.1, 0.15) is 0 Å². The van der Waals surface area contributed by atoms with E-state index >= 15 is 0 Å². The molecule has 8 nitrogen and oxygen atoms in total. The maximum atomic E-state index is 14.8. The molecule has 2 aromatic carbocycles. The summed E-state index contributed by atoms with van der Waals surface area (Å²) in [4.78, 5) is 34.3. The Balaban J connectivity index is 1.05. The normalized spacial score (nSPS) is 24.2. The number of ether oxygens (including phenoxy) is 1. The Hall–Kier alpha value is -4.18. The van der Waals surface area contributed by atoms with Crippen molar-refractivity contribution in [2.24, 2.45) is 15.9 Å². The third kappa shape index (κ3) is 5.38. The Kier molecular flexibility index (Phi) is 7.72. The molecule has 0 radical (unpaired) electrons. The molecule has 6 rings (SSSR count). The molecule has 2 atom stereocenters. The average Bonchev–Trinajstić information content (AvgIpc) is 3.65. The van der Waals surface area contributed by atoms with Crippen LogP contribution < -0.4 is 20.7 Å². The molecule has 3 heterocycles. The summed E-state index contributed by atoms with van der Waals surface area (Å²) < 4.78 is 34.1. The minimum Gasteiger partial charge on any atom is -0.494 e. The van der Waals surface area contributed by atoms with E-state index in [-0.39, 0.29) is 47.2 Å². The monoisotopic (exact) mass is 573 g/mol. The lowest BCUT2D eigenvalue weighted by atomic mass is 9.85. The molecule has 1 aliphatic carbocycles. The number of allylic oxidation sites excluding steroid dienone is 2. The molecular formula is C32H33F2N5O3. The third-order valence-corrected chi connectivity index (χ3v) is 8.46. The summed E-state index contributed by atoms with van der Waals surface area (Å²) in [7, 11) is 1.29. The number of carbonyl (C=O) groups is 2. The number of aryl methyl sites for hydroxylation is 1. The first kappa shape index (κ1) is 28.0. The van der Waals surface area contributed by atoms with Crippen LogP contribution in [0.2, 0.25) is 0 Å². The van der Waals surface area contributed by atoms with Gasteiger partial charge in [-0.3, -0.25) is 19.6 Å². The number of amides is 2. The highest BCUT2D eigenvalue weighted by atomic mass is 19.2. The molecule has 0 spiro atoms. The summed E-state index contributed by atoms with van der Waals surface area (Å²) >= 11 is 0. The van der Waals surface area contributed by atoms with Crippen LogP contribution in [0, 0.1) is 24.5 Å². The van der Waals surface area contributed by atoms with Crippen LogP contribution in [0.25, 0.3) is 5.57 Å². The summed E-state index contributed by atoms with van der Waals surface area (Å²) in [5, 5.41) is 9.36. The van der Waals surface area contributed by atoms with Gasteiger partial charge in [0.2, 0.25) is 11.7 Å². The highest BCUT2D eigenvalue weighted by Gasteiger charge is 2.34. The molecule has 4 aliphatic rings. The summed E-state index contributed by atoms with van der Waals surface area (Å²) in [6.07, 6.45) is 8.87. The lowest BCUT2D eigenvalue weighted by Gasteiger charge is -2.37. The zero-order valence-electron chi connectivity index (χ0n) is 23.5. The lowest BCUT2D eigenvalue weighted by molar-refractivity contribution is -0.124. The van der Waals surface area contributed by atoms with Crippen LogP contribution in [-0.4, -0.2) is 55.0 Å². The van der Waals surface area contributed by atoms with Crippen molar-refractivity contribution in [3.8, 4) is 5.75 Å². The largest absolute Gasteiger partial charge is 0.494 e. The van der Waals surface area contributed by atoms with Crippen LogP contribution in [0.4, 0.5) is 8.78 Å². The van der Waals surface area contributed by atoms with Gasteiger partial charge in [-0.2, -0.15) is 4.39 Å². The highest BCUT2D eigenvalue weighted by molar-refractivity contribution is 6.47. The molecule has 1 unspecified atom stereocenters. The number of nitrogens with zero attached hydrogens (tertiary/aromatic N) is 2. The van der Waals surface area contributed by atoms with Crippen LogP contribution in [-0.2, 0) is 11.2 Å². The molecule has 1 saturated carbocycles. The van der Waals surface area contributed by atoms with E-state index in [1.165, 1.54) is 19.2 Å². The van der Waals surface area contributed by atoms with Gasteiger partial charge < -0.3 is 20.7 Å². The maximum Gasteiger partial charge on any atom is 0.251 e. The first-order valence-electron chi connectivity index (χ1n) is 14.3. The molecule has 2 fully saturated rings. The zero-order valence-corrected chi connectivity index (χ0v) is 23.5. The van der Waals surface area contributed by atoms with Crippen molar-refractivity contribution in [1.82, 2.24) is 16.0 Å². The molecule has 218 valence electrons. The van der Waals surface area contributed by atoms with E-state index in [4.69, 9.17) is 4.74 Å². The van der Waals surface area contributed by atoms with E-state index in [2.05, 4.69) is 25.9 Å². The van der Waals surface area contributed by atoms with Gasteiger partial charge in [0.25, 0.3) is 5.91 Å².